The summed E-state index contributed by atoms with van der Waals surface area (Å²) in [7, 11) is 0. The third-order valence-electron chi connectivity index (χ3n) is 4.93. The van der Waals surface area contributed by atoms with Gasteiger partial charge in [0.25, 0.3) is 5.91 Å². The summed E-state index contributed by atoms with van der Waals surface area (Å²) < 4.78 is 5.11. The normalized spacial score (nSPS) is 13.7. The quantitative estimate of drug-likeness (QED) is 0.671. The lowest BCUT2D eigenvalue weighted by molar-refractivity contribution is -0.117. The van der Waals surface area contributed by atoms with Crippen molar-refractivity contribution in [2.75, 3.05) is 23.7 Å². The zero-order valence-corrected chi connectivity index (χ0v) is 17.1. The summed E-state index contributed by atoms with van der Waals surface area (Å²) in [6, 6.07) is 9.19. The van der Waals surface area contributed by atoms with Gasteiger partial charge in [0.05, 0.1) is 18.5 Å². The Morgan fingerprint density at radius 3 is 2.83 bits per heavy atom. The number of nitrogens with zero attached hydrogens (tertiary/aromatic N) is 2. The van der Waals surface area contributed by atoms with Gasteiger partial charge in [-0.15, -0.1) is 11.3 Å². The molecule has 0 saturated heterocycles. The molecule has 0 radical (unpaired) electrons. The zero-order chi connectivity index (χ0) is 20.4. The van der Waals surface area contributed by atoms with Gasteiger partial charge in [0, 0.05) is 30.1 Å². The van der Waals surface area contributed by atoms with Crippen LogP contribution in [0.3, 0.4) is 0 Å². The summed E-state index contributed by atoms with van der Waals surface area (Å²) >= 11 is 1.44. The van der Waals surface area contributed by atoms with Crippen LogP contribution in [0.2, 0.25) is 0 Å². The molecule has 2 aromatic heterocycles. The van der Waals surface area contributed by atoms with Gasteiger partial charge in [-0.1, -0.05) is 6.07 Å². The fourth-order valence-corrected chi connectivity index (χ4v) is 4.27. The average Bonchev–Trinajstić information content (AvgIpc) is 3.34. The maximum Gasteiger partial charge on any atom is 0.293 e. The Kier molecular flexibility index (Phi) is 5.46. The van der Waals surface area contributed by atoms with Crippen molar-refractivity contribution in [1.82, 2.24) is 9.88 Å². The number of rotatable bonds is 5. The number of anilines is 2. The van der Waals surface area contributed by atoms with Crippen molar-refractivity contribution in [1.29, 1.82) is 0 Å². The molecule has 29 heavy (non-hydrogen) atoms. The van der Waals surface area contributed by atoms with E-state index in [4.69, 9.17) is 4.42 Å². The number of amides is 2. The van der Waals surface area contributed by atoms with Gasteiger partial charge in [-0.25, -0.2) is 4.98 Å². The Morgan fingerprint density at radius 1 is 1.21 bits per heavy atom. The molecular weight excluding hydrogens is 388 g/mol. The van der Waals surface area contributed by atoms with Crippen LogP contribution in [0.25, 0.3) is 0 Å². The van der Waals surface area contributed by atoms with Crippen LogP contribution < -0.4 is 10.6 Å². The van der Waals surface area contributed by atoms with Gasteiger partial charge in [-0.3, -0.25) is 19.8 Å². The molecule has 150 valence electrons. The molecular formula is C21H22N4O3S. The highest BCUT2D eigenvalue weighted by molar-refractivity contribution is 7.15. The van der Waals surface area contributed by atoms with E-state index in [0.29, 0.717) is 18.2 Å². The van der Waals surface area contributed by atoms with Crippen LogP contribution in [-0.4, -0.2) is 34.8 Å². The first-order valence-corrected chi connectivity index (χ1v) is 10.2. The maximum absolute atomic E-state index is 12.4. The number of benzene rings is 1. The fourth-order valence-electron chi connectivity index (χ4n) is 3.23. The van der Waals surface area contributed by atoms with Gasteiger partial charge < -0.3 is 9.73 Å². The van der Waals surface area contributed by atoms with Crippen molar-refractivity contribution in [3.8, 4) is 0 Å². The summed E-state index contributed by atoms with van der Waals surface area (Å²) in [5, 5.41) is 6.30. The number of aryl methyl sites for hydroxylation is 2. The number of thiazole rings is 1. The molecule has 1 aliphatic rings. The first-order valence-electron chi connectivity index (χ1n) is 9.41. The van der Waals surface area contributed by atoms with E-state index in [1.165, 1.54) is 23.2 Å². The van der Waals surface area contributed by atoms with Crippen molar-refractivity contribution in [3.63, 3.8) is 0 Å². The molecule has 2 N–H and O–H groups in total. The standard InChI is InChI=1S/C21H22N4O3S/c1-13-5-6-15(10-14(13)2)22-19(26)12-25-8-7-16-18(11-25)29-21(23-16)24-20(27)17-4-3-9-28-17/h3-6,9-10H,7-8,11-12H2,1-2H3,(H,22,26)(H,23,24,27). The third kappa shape index (κ3) is 4.55. The molecule has 0 aliphatic carbocycles. The number of carbonyl (C=O) groups is 2. The van der Waals surface area contributed by atoms with Crippen molar-refractivity contribution in [2.24, 2.45) is 0 Å². The molecule has 1 aromatic carbocycles. The SMILES string of the molecule is Cc1ccc(NC(=O)CN2CCc3nc(NC(=O)c4ccco4)sc3C2)cc1C. The first kappa shape index (κ1) is 19.4. The summed E-state index contributed by atoms with van der Waals surface area (Å²) in [4.78, 5) is 32.2. The molecule has 0 atom stereocenters. The van der Waals surface area contributed by atoms with Gasteiger partial charge in [0.1, 0.15) is 0 Å². The molecule has 2 amide bonds. The van der Waals surface area contributed by atoms with Crippen molar-refractivity contribution >= 4 is 34.0 Å². The minimum Gasteiger partial charge on any atom is -0.459 e. The van der Waals surface area contributed by atoms with E-state index in [1.807, 2.05) is 32.0 Å². The first-order chi connectivity index (χ1) is 14.0. The Hall–Kier alpha value is -2.97. The fraction of sp³-hybridized carbons (Fsp3) is 0.286. The van der Waals surface area contributed by atoms with Gasteiger partial charge in [-0.05, 0) is 49.2 Å². The van der Waals surface area contributed by atoms with Crippen LogP contribution in [-0.2, 0) is 17.8 Å². The molecule has 0 unspecified atom stereocenters. The van der Waals surface area contributed by atoms with E-state index in [2.05, 4.69) is 20.5 Å². The molecule has 8 heteroatoms. The highest BCUT2D eigenvalue weighted by atomic mass is 32.1. The minimum atomic E-state index is -0.314. The maximum atomic E-state index is 12.4. The average molecular weight is 410 g/mol. The largest absolute Gasteiger partial charge is 0.459 e. The summed E-state index contributed by atoms with van der Waals surface area (Å²) in [6.07, 6.45) is 2.21. The lowest BCUT2D eigenvalue weighted by Gasteiger charge is -2.25. The van der Waals surface area contributed by atoms with Gasteiger partial charge in [0.15, 0.2) is 10.9 Å². The topological polar surface area (TPSA) is 87.5 Å². The summed E-state index contributed by atoms with van der Waals surface area (Å²) in [6.45, 7) is 5.79. The Balaban J connectivity index is 1.34. The second-order valence-electron chi connectivity index (χ2n) is 7.13. The molecule has 1 aliphatic heterocycles. The second kappa shape index (κ2) is 8.18. The number of fused-ring (bicyclic) bond motifs is 1. The molecule has 0 saturated carbocycles. The summed E-state index contributed by atoms with van der Waals surface area (Å²) in [5.74, 6) is -0.0962. The van der Waals surface area contributed by atoms with E-state index in [0.717, 1.165) is 34.8 Å². The van der Waals surface area contributed by atoms with Crippen LogP contribution in [0.5, 0.6) is 0 Å². The van der Waals surface area contributed by atoms with Crippen molar-refractivity contribution in [3.05, 3.63) is 64.1 Å². The number of hydrogen-bond donors (Lipinski definition) is 2. The number of nitrogens with one attached hydrogen (secondary N) is 2. The highest BCUT2D eigenvalue weighted by Crippen LogP contribution is 2.28. The monoisotopic (exact) mass is 410 g/mol. The minimum absolute atomic E-state index is 0.0347. The highest BCUT2D eigenvalue weighted by Gasteiger charge is 2.23. The second-order valence-corrected chi connectivity index (χ2v) is 8.21. The van der Waals surface area contributed by atoms with Crippen LogP contribution in [0.4, 0.5) is 10.8 Å². The molecule has 7 nitrogen and oxygen atoms in total. The molecule has 4 rings (SSSR count). The number of hydrogen-bond acceptors (Lipinski definition) is 6. The molecule has 0 spiro atoms. The van der Waals surface area contributed by atoms with Crippen LogP contribution in [0.15, 0.2) is 41.0 Å². The number of carbonyl (C=O) groups excluding carboxylic acids is 2. The number of aromatic nitrogens is 1. The van der Waals surface area contributed by atoms with Gasteiger partial charge >= 0.3 is 0 Å². The van der Waals surface area contributed by atoms with Crippen molar-refractivity contribution in [2.45, 2.75) is 26.8 Å². The Morgan fingerprint density at radius 2 is 2.07 bits per heavy atom. The predicted molar refractivity (Wildman–Crippen MR) is 112 cm³/mol. The summed E-state index contributed by atoms with van der Waals surface area (Å²) in [5.41, 5.74) is 4.15. The Labute approximate surface area is 172 Å². The van der Waals surface area contributed by atoms with Crippen LogP contribution >= 0.6 is 11.3 Å². The lowest BCUT2D eigenvalue weighted by Crippen LogP contribution is -2.36. The predicted octanol–water partition coefficient (Wildman–Crippen LogP) is 3.60. The van der Waals surface area contributed by atoms with E-state index in [1.54, 1.807) is 12.1 Å². The van der Waals surface area contributed by atoms with E-state index < -0.39 is 0 Å². The van der Waals surface area contributed by atoms with E-state index >= 15 is 0 Å². The third-order valence-corrected chi connectivity index (χ3v) is 5.93. The van der Waals surface area contributed by atoms with E-state index in [-0.39, 0.29) is 17.6 Å². The molecule has 0 bridgehead atoms. The Bertz CT molecular complexity index is 1040. The van der Waals surface area contributed by atoms with Crippen molar-refractivity contribution < 1.29 is 14.0 Å². The zero-order valence-electron chi connectivity index (χ0n) is 16.3. The molecule has 3 heterocycles. The van der Waals surface area contributed by atoms with Gasteiger partial charge in [-0.2, -0.15) is 0 Å². The van der Waals surface area contributed by atoms with Crippen LogP contribution in [0.1, 0.15) is 32.3 Å². The number of furan rings is 1. The van der Waals surface area contributed by atoms with E-state index in [9.17, 15) is 9.59 Å². The smallest absolute Gasteiger partial charge is 0.293 e. The molecule has 3 aromatic rings. The van der Waals surface area contributed by atoms with Gasteiger partial charge in [0.2, 0.25) is 5.91 Å². The van der Waals surface area contributed by atoms with Crippen LogP contribution in [0, 0.1) is 13.8 Å². The lowest BCUT2D eigenvalue weighted by atomic mass is 10.1. The molecule has 0 fully saturated rings.